The van der Waals surface area contributed by atoms with Gasteiger partial charge in [-0.25, -0.2) is 0 Å². The van der Waals surface area contributed by atoms with Crippen LogP contribution in [0.25, 0.3) is 0 Å². The number of nitrogens with one attached hydrogen (secondary N) is 2. The molecule has 0 saturated carbocycles. The standard InChI is InChI=1S/C22H24N2OS/c1-17(18-9-4-2-5-10-18)15-23-21(25)16-24-22(20-13-8-14-26-20)19-11-6-3-7-12-19/h2-14,17,22,24H,15-16H2,1H3,(H,23,25)/t17-,22+/m1/s1. The van der Waals surface area contributed by atoms with Gasteiger partial charge in [-0.15, -0.1) is 11.3 Å². The van der Waals surface area contributed by atoms with E-state index in [0.717, 1.165) is 0 Å². The van der Waals surface area contributed by atoms with E-state index in [1.807, 2.05) is 42.5 Å². The molecule has 1 amide bonds. The van der Waals surface area contributed by atoms with Crippen molar-refractivity contribution in [2.45, 2.75) is 18.9 Å². The Labute approximate surface area is 159 Å². The molecule has 2 atom stereocenters. The van der Waals surface area contributed by atoms with Gasteiger partial charge in [0.2, 0.25) is 5.91 Å². The number of carbonyl (C=O) groups excluding carboxylic acids is 1. The molecule has 3 aromatic rings. The van der Waals surface area contributed by atoms with Crippen LogP contribution in [0, 0.1) is 0 Å². The van der Waals surface area contributed by atoms with Gasteiger partial charge < -0.3 is 5.32 Å². The molecule has 134 valence electrons. The van der Waals surface area contributed by atoms with Crippen LogP contribution in [0.5, 0.6) is 0 Å². The quantitative estimate of drug-likeness (QED) is 0.624. The molecule has 4 heteroatoms. The minimum Gasteiger partial charge on any atom is -0.354 e. The molecule has 0 unspecified atom stereocenters. The lowest BCUT2D eigenvalue weighted by Gasteiger charge is -2.19. The highest BCUT2D eigenvalue weighted by atomic mass is 32.1. The minimum atomic E-state index is 0.0188. The molecule has 0 aliphatic carbocycles. The summed E-state index contributed by atoms with van der Waals surface area (Å²) in [4.78, 5) is 13.5. The van der Waals surface area contributed by atoms with Gasteiger partial charge in [0.15, 0.2) is 0 Å². The number of amides is 1. The second-order valence-corrected chi connectivity index (χ2v) is 7.34. The number of hydrogen-bond donors (Lipinski definition) is 2. The van der Waals surface area contributed by atoms with Crippen LogP contribution in [0.3, 0.4) is 0 Å². The van der Waals surface area contributed by atoms with E-state index in [4.69, 9.17) is 0 Å². The van der Waals surface area contributed by atoms with Crippen molar-refractivity contribution in [2.24, 2.45) is 0 Å². The summed E-state index contributed by atoms with van der Waals surface area (Å²) in [6.45, 7) is 3.06. The highest BCUT2D eigenvalue weighted by Crippen LogP contribution is 2.25. The topological polar surface area (TPSA) is 41.1 Å². The molecular formula is C22H24N2OS. The minimum absolute atomic E-state index is 0.0188. The van der Waals surface area contributed by atoms with Crippen LogP contribution in [0.2, 0.25) is 0 Å². The molecule has 0 spiro atoms. The van der Waals surface area contributed by atoms with Gasteiger partial charge in [-0.05, 0) is 28.5 Å². The highest BCUT2D eigenvalue weighted by molar-refractivity contribution is 7.10. The molecule has 26 heavy (non-hydrogen) atoms. The fourth-order valence-electron chi connectivity index (χ4n) is 2.91. The normalized spacial score (nSPS) is 13.1. The van der Waals surface area contributed by atoms with Crippen LogP contribution in [-0.2, 0) is 4.79 Å². The maximum atomic E-state index is 12.3. The van der Waals surface area contributed by atoms with E-state index in [2.05, 4.69) is 53.3 Å². The smallest absolute Gasteiger partial charge is 0.234 e. The van der Waals surface area contributed by atoms with Crippen molar-refractivity contribution in [1.82, 2.24) is 10.6 Å². The third-order valence-corrected chi connectivity index (χ3v) is 5.34. The average Bonchev–Trinajstić information content (AvgIpc) is 3.22. The predicted octanol–water partition coefficient (Wildman–Crippen LogP) is 4.35. The maximum absolute atomic E-state index is 12.3. The van der Waals surface area contributed by atoms with Crippen molar-refractivity contribution in [3.05, 3.63) is 94.2 Å². The summed E-state index contributed by atoms with van der Waals surface area (Å²) in [7, 11) is 0. The van der Waals surface area contributed by atoms with E-state index >= 15 is 0 Å². The van der Waals surface area contributed by atoms with Gasteiger partial charge in [-0.2, -0.15) is 0 Å². The molecule has 3 nitrogen and oxygen atoms in total. The Morgan fingerprint density at radius 2 is 1.58 bits per heavy atom. The van der Waals surface area contributed by atoms with Crippen LogP contribution in [0.4, 0.5) is 0 Å². The largest absolute Gasteiger partial charge is 0.354 e. The Kier molecular flexibility index (Phi) is 6.58. The van der Waals surface area contributed by atoms with E-state index in [-0.39, 0.29) is 11.9 Å². The zero-order valence-corrected chi connectivity index (χ0v) is 15.7. The van der Waals surface area contributed by atoms with Gasteiger partial charge in [-0.3, -0.25) is 10.1 Å². The van der Waals surface area contributed by atoms with Crippen LogP contribution in [0.15, 0.2) is 78.2 Å². The Hall–Kier alpha value is -2.43. The summed E-state index contributed by atoms with van der Waals surface area (Å²) in [6, 6.07) is 24.7. The van der Waals surface area contributed by atoms with Crippen molar-refractivity contribution >= 4 is 17.2 Å². The fraction of sp³-hybridized carbons (Fsp3) is 0.227. The van der Waals surface area contributed by atoms with Gasteiger partial charge in [0.05, 0.1) is 12.6 Å². The van der Waals surface area contributed by atoms with Crippen molar-refractivity contribution in [2.75, 3.05) is 13.1 Å². The third-order valence-electron chi connectivity index (χ3n) is 4.40. The summed E-state index contributed by atoms with van der Waals surface area (Å²) < 4.78 is 0. The number of thiophene rings is 1. The molecular weight excluding hydrogens is 340 g/mol. The van der Waals surface area contributed by atoms with Crippen LogP contribution in [-0.4, -0.2) is 19.0 Å². The Morgan fingerprint density at radius 3 is 2.19 bits per heavy atom. The zero-order chi connectivity index (χ0) is 18.2. The molecule has 3 rings (SSSR count). The van der Waals surface area contributed by atoms with E-state index < -0.39 is 0 Å². The van der Waals surface area contributed by atoms with Crippen molar-refractivity contribution in [3.63, 3.8) is 0 Å². The number of hydrogen-bond acceptors (Lipinski definition) is 3. The molecule has 1 aromatic heterocycles. The first-order valence-corrected chi connectivity index (χ1v) is 9.75. The first-order valence-electron chi connectivity index (χ1n) is 8.87. The van der Waals surface area contributed by atoms with Crippen molar-refractivity contribution in [3.8, 4) is 0 Å². The number of carbonyl (C=O) groups is 1. The Morgan fingerprint density at radius 1 is 0.923 bits per heavy atom. The summed E-state index contributed by atoms with van der Waals surface area (Å²) >= 11 is 1.70. The molecule has 0 radical (unpaired) electrons. The monoisotopic (exact) mass is 364 g/mol. The Balaban J connectivity index is 1.55. The molecule has 0 aliphatic rings. The lowest BCUT2D eigenvalue weighted by Crippen LogP contribution is -2.37. The van der Waals surface area contributed by atoms with Crippen LogP contribution < -0.4 is 10.6 Å². The lowest BCUT2D eigenvalue weighted by molar-refractivity contribution is -0.120. The summed E-state index contributed by atoms with van der Waals surface area (Å²) in [5.74, 6) is 0.313. The van der Waals surface area contributed by atoms with E-state index in [9.17, 15) is 4.79 Å². The van der Waals surface area contributed by atoms with E-state index in [0.29, 0.717) is 19.0 Å². The SMILES string of the molecule is C[C@H](CNC(=O)CN[C@@H](c1ccccc1)c1cccs1)c1ccccc1. The van der Waals surface area contributed by atoms with E-state index in [1.165, 1.54) is 16.0 Å². The van der Waals surface area contributed by atoms with Gasteiger partial charge >= 0.3 is 0 Å². The first kappa shape index (κ1) is 18.4. The van der Waals surface area contributed by atoms with Crippen molar-refractivity contribution in [1.29, 1.82) is 0 Å². The van der Waals surface area contributed by atoms with Gasteiger partial charge in [0.1, 0.15) is 0 Å². The molecule has 0 bridgehead atoms. The highest BCUT2D eigenvalue weighted by Gasteiger charge is 2.16. The summed E-state index contributed by atoms with van der Waals surface area (Å²) in [6.07, 6.45) is 0. The van der Waals surface area contributed by atoms with Gasteiger partial charge in [-0.1, -0.05) is 73.7 Å². The second kappa shape index (κ2) is 9.32. The zero-order valence-electron chi connectivity index (χ0n) is 14.9. The molecule has 0 saturated heterocycles. The molecule has 2 aromatic carbocycles. The number of rotatable bonds is 8. The van der Waals surface area contributed by atoms with Gasteiger partial charge in [0, 0.05) is 11.4 Å². The lowest BCUT2D eigenvalue weighted by atomic mass is 10.0. The second-order valence-electron chi connectivity index (χ2n) is 6.36. The molecule has 0 aliphatic heterocycles. The molecule has 1 heterocycles. The Bertz CT molecular complexity index is 788. The van der Waals surface area contributed by atoms with Crippen molar-refractivity contribution < 1.29 is 4.79 Å². The molecule has 2 N–H and O–H groups in total. The predicted molar refractivity (Wildman–Crippen MR) is 108 cm³/mol. The maximum Gasteiger partial charge on any atom is 0.234 e. The van der Waals surface area contributed by atoms with Crippen LogP contribution in [0.1, 0.15) is 34.9 Å². The summed E-state index contributed by atoms with van der Waals surface area (Å²) in [5, 5.41) is 8.50. The first-order chi connectivity index (χ1) is 12.7. The van der Waals surface area contributed by atoms with Gasteiger partial charge in [0.25, 0.3) is 0 Å². The fourth-order valence-corrected chi connectivity index (χ4v) is 3.73. The molecule has 0 fully saturated rings. The number of benzene rings is 2. The summed E-state index contributed by atoms with van der Waals surface area (Å²) in [5.41, 5.74) is 2.40. The third kappa shape index (κ3) is 5.04. The van der Waals surface area contributed by atoms with E-state index in [1.54, 1.807) is 11.3 Å². The van der Waals surface area contributed by atoms with Crippen LogP contribution >= 0.6 is 11.3 Å². The average molecular weight is 365 g/mol.